The second kappa shape index (κ2) is 6.59. The number of rotatable bonds is 5. The molecule has 1 aliphatic heterocycles. The maximum absolute atomic E-state index is 11.9. The third-order valence-electron chi connectivity index (χ3n) is 3.31. The third-order valence-corrected chi connectivity index (χ3v) is 3.31. The number of aliphatic carboxylic acids is 1. The van der Waals surface area contributed by atoms with Crippen LogP contribution in [0.4, 0.5) is 0 Å². The number of carboxylic acids is 1. The van der Waals surface area contributed by atoms with Crippen molar-refractivity contribution < 1.29 is 14.7 Å². The second-order valence-electron chi connectivity index (χ2n) is 4.60. The van der Waals surface area contributed by atoms with E-state index in [4.69, 9.17) is 5.11 Å². The Morgan fingerprint density at radius 2 is 2.18 bits per heavy atom. The number of amides is 1. The molecule has 5 heteroatoms. The molecule has 0 saturated carbocycles. The number of hydrogen-bond donors (Lipinski definition) is 2. The SMILES string of the molecule is CCNCCC(=O)N1CCC(C(=O)O)CC1C. The molecular weight excluding hydrogens is 220 g/mol. The fourth-order valence-electron chi connectivity index (χ4n) is 2.28. The molecule has 98 valence electrons. The third kappa shape index (κ3) is 4.00. The Morgan fingerprint density at radius 1 is 1.47 bits per heavy atom. The highest BCUT2D eigenvalue weighted by atomic mass is 16.4. The van der Waals surface area contributed by atoms with Crippen molar-refractivity contribution >= 4 is 11.9 Å². The van der Waals surface area contributed by atoms with Gasteiger partial charge in [-0.05, 0) is 26.3 Å². The van der Waals surface area contributed by atoms with Crippen LogP contribution in [0.3, 0.4) is 0 Å². The van der Waals surface area contributed by atoms with Gasteiger partial charge in [0.05, 0.1) is 5.92 Å². The number of hydrogen-bond acceptors (Lipinski definition) is 3. The van der Waals surface area contributed by atoms with Crippen LogP contribution in [-0.4, -0.2) is 47.6 Å². The summed E-state index contributed by atoms with van der Waals surface area (Å²) in [5.41, 5.74) is 0. The standard InChI is InChI=1S/C12H22N2O3/c1-3-13-6-4-11(15)14-7-5-10(12(16)17)8-9(14)2/h9-10,13H,3-8H2,1-2H3,(H,16,17). The van der Waals surface area contributed by atoms with Gasteiger partial charge >= 0.3 is 5.97 Å². The number of piperidine rings is 1. The minimum atomic E-state index is -0.739. The quantitative estimate of drug-likeness (QED) is 0.696. The zero-order chi connectivity index (χ0) is 12.8. The lowest BCUT2D eigenvalue weighted by Crippen LogP contribution is -2.46. The van der Waals surface area contributed by atoms with E-state index in [1.54, 1.807) is 0 Å². The molecule has 0 bridgehead atoms. The Kier molecular flexibility index (Phi) is 5.41. The zero-order valence-electron chi connectivity index (χ0n) is 10.6. The van der Waals surface area contributed by atoms with Crippen LogP contribution in [0.25, 0.3) is 0 Å². The van der Waals surface area contributed by atoms with Crippen LogP contribution in [-0.2, 0) is 9.59 Å². The number of carboxylic acid groups (broad SMARTS) is 1. The molecule has 0 radical (unpaired) electrons. The smallest absolute Gasteiger partial charge is 0.306 e. The van der Waals surface area contributed by atoms with Crippen LogP contribution < -0.4 is 5.32 Å². The lowest BCUT2D eigenvalue weighted by molar-refractivity contribution is -0.147. The Morgan fingerprint density at radius 3 is 2.71 bits per heavy atom. The molecule has 1 heterocycles. The van der Waals surface area contributed by atoms with E-state index >= 15 is 0 Å². The first-order valence-electron chi connectivity index (χ1n) is 6.29. The van der Waals surface area contributed by atoms with Crippen LogP contribution in [0, 0.1) is 5.92 Å². The van der Waals surface area contributed by atoms with Gasteiger partial charge in [0.25, 0.3) is 0 Å². The minimum absolute atomic E-state index is 0.0407. The van der Waals surface area contributed by atoms with Crippen LogP contribution in [0.2, 0.25) is 0 Å². The molecule has 1 rings (SSSR count). The lowest BCUT2D eigenvalue weighted by atomic mass is 9.91. The lowest BCUT2D eigenvalue weighted by Gasteiger charge is -2.36. The van der Waals surface area contributed by atoms with Gasteiger partial charge < -0.3 is 15.3 Å². The van der Waals surface area contributed by atoms with Crippen LogP contribution in [0.1, 0.15) is 33.1 Å². The first-order valence-corrected chi connectivity index (χ1v) is 6.29. The van der Waals surface area contributed by atoms with Crippen molar-refractivity contribution in [2.75, 3.05) is 19.6 Å². The van der Waals surface area contributed by atoms with E-state index in [0.29, 0.717) is 32.4 Å². The van der Waals surface area contributed by atoms with Gasteiger partial charge in [0, 0.05) is 25.6 Å². The zero-order valence-corrected chi connectivity index (χ0v) is 10.6. The summed E-state index contributed by atoms with van der Waals surface area (Å²) in [6.07, 6.45) is 1.64. The van der Waals surface area contributed by atoms with Gasteiger partial charge in [0.15, 0.2) is 0 Å². The summed E-state index contributed by atoms with van der Waals surface area (Å²) in [5, 5.41) is 12.1. The summed E-state index contributed by atoms with van der Waals surface area (Å²) in [6, 6.07) is 0.0407. The molecule has 0 aromatic carbocycles. The van der Waals surface area contributed by atoms with Gasteiger partial charge in [-0.1, -0.05) is 6.92 Å². The van der Waals surface area contributed by atoms with E-state index < -0.39 is 5.97 Å². The largest absolute Gasteiger partial charge is 0.481 e. The molecule has 1 saturated heterocycles. The minimum Gasteiger partial charge on any atom is -0.481 e. The average Bonchev–Trinajstić information content (AvgIpc) is 2.28. The number of nitrogens with zero attached hydrogens (tertiary/aromatic N) is 1. The molecule has 0 aliphatic carbocycles. The second-order valence-corrected chi connectivity index (χ2v) is 4.60. The fourth-order valence-corrected chi connectivity index (χ4v) is 2.28. The van der Waals surface area contributed by atoms with E-state index in [1.165, 1.54) is 0 Å². The number of nitrogens with one attached hydrogen (secondary N) is 1. The fraction of sp³-hybridized carbons (Fsp3) is 0.833. The van der Waals surface area contributed by atoms with E-state index in [9.17, 15) is 9.59 Å². The van der Waals surface area contributed by atoms with Crippen molar-refractivity contribution in [2.24, 2.45) is 5.92 Å². The molecule has 0 aromatic rings. The van der Waals surface area contributed by atoms with Crippen molar-refractivity contribution in [1.29, 1.82) is 0 Å². The van der Waals surface area contributed by atoms with Crippen molar-refractivity contribution in [3.63, 3.8) is 0 Å². The topological polar surface area (TPSA) is 69.6 Å². The van der Waals surface area contributed by atoms with E-state index in [0.717, 1.165) is 6.54 Å². The molecule has 2 atom stereocenters. The van der Waals surface area contributed by atoms with Crippen LogP contribution >= 0.6 is 0 Å². The predicted octanol–water partition coefficient (Wildman–Crippen LogP) is 0.698. The van der Waals surface area contributed by atoms with Crippen molar-refractivity contribution in [1.82, 2.24) is 10.2 Å². The summed E-state index contributed by atoms with van der Waals surface area (Å²) in [6.45, 7) is 6.07. The van der Waals surface area contributed by atoms with Gasteiger partial charge in [-0.15, -0.1) is 0 Å². The van der Waals surface area contributed by atoms with E-state index in [-0.39, 0.29) is 17.9 Å². The molecule has 17 heavy (non-hydrogen) atoms. The van der Waals surface area contributed by atoms with Gasteiger partial charge in [0.2, 0.25) is 5.91 Å². The first kappa shape index (κ1) is 14.0. The molecule has 1 amide bonds. The monoisotopic (exact) mass is 242 g/mol. The average molecular weight is 242 g/mol. The highest BCUT2D eigenvalue weighted by Crippen LogP contribution is 2.23. The summed E-state index contributed by atoms with van der Waals surface area (Å²) in [7, 11) is 0. The van der Waals surface area contributed by atoms with Crippen LogP contribution in [0.5, 0.6) is 0 Å². The Labute approximate surface area is 102 Å². The molecular formula is C12H22N2O3. The van der Waals surface area contributed by atoms with Crippen LogP contribution in [0.15, 0.2) is 0 Å². The number of likely N-dealkylation sites (tertiary alicyclic amines) is 1. The predicted molar refractivity (Wildman–Crippen MR) is 64.7 cm³/mol. The van der Waals surface area contributed by atoms with Crippen molar-refractivity contribution in [2.45, 2.75) is 39.2 Å². The summed E-state index contributed by atoms with van der Waals surface area (Å²) in [5.74, 6) is -0.901. The molecule has 1 fully saturated rings. The Balaban J connectivity index is 2.40. The van der Waals surface area contributed by atoms with Gasteiger partial charge in [-0.25, -0.2) is 0 Å². The summed E-state index contributed by atoms with van der Waals surface area (Å²) < 4.78 is 0. The van der Waals surface area contributed by atoms with Gasteiger partial charge in [0.1, 0.15) is 0 Å². The van der Waals surface area contributed by atoms with Crippen molar-refractivity contribution in [3.8, 4) is 0 Å². The molecule has 5 nitrogen and oxygen atoms in total. The molecule has 1 aliphatic rings. The molecule has 0 aromatic heterocycles. The summed E-state index contributed by atoms with van der Waals surface area (Å²) >= 11 is 0. The maximum atomic E-state index is 11.9. The molecule has 2 unspecified atom stereocenters. The highest BCUT2D eigenvalue weighted by Gasteiger charge is 2.31. The van der Waals surface area contributed by atoms with E-state index in [2.05, 4.69) is 5.32 Å². The van der Waals surface area contributed by atoms with Crippen molar-refractivity contribution in [3.05, 3.63) is 0 Å². The number of carbonyl (C=O) groups is 2. The van der Waals surface area contributed by atoms with Gasteiger partial charge in [-0.3, -0.25) is 9.59 Å². The van der Waals surface area contributed by atoms with E-state index in [1.807, 2.05) is 18.7 Å². The first-order chi connectivity index (χ1) is 8.06. The Hall–Kier alpha value is -1.10. The highest BCUT2D eigenvalue weighted by molar-refractivity contribution is 5.77. The number of carbonyl (C=O) groups excluding carboxylic acids is 1. The normalized spacial score (nSPS) is 24.7. The Bertz CT molecular complexity index is 281. The molecule has 2 N–H and O–H groups in total. The maximum Gasteiger partial charge on any atom is 0.306 e. The van der Waals surface area contributed by atoms with Gasteiger partial charge in [-0.2, -0.15) is 0 Å². The summed E-state index contributed by atoms with van der Waals surface area (Å²) in [4.78, 5) is 24.6. The molecule has 0 spiro atoms.